The second-order valence-corrected chi connectivity index (χ2v) is 5.23. The second kappa shape index (κ2) is 6.53. The average molecular weight is 285 g/mol. The lowest BCUT2D eigenvalue weighted by Gasteiger charge is -2.20. The number of ether oxygens (including phenoxy) is 2. The van der Waals surface area contributed by atoms with Gasteiger partial charge in [-0.05, 0) is 50.1 Å². The SMILES string of the molecule is COc1ccc(C(C)Nc2ccc(C)c(OC)c2C)cc1. The highest BCUT2D eigenvalue weighted by atomic mass is 16.5. The molecular weight excluding hydrogens is 262 g/mol. The van der Waals surface area contributed by atoms with Crippen LogP contribution in [-0.4, -0.2) is 14.2 Å². The maximum absolute atomic E-state index is 5.48. The summed E-state index contributed by atoms with van der Waals surface area (Å²) in [7, 11) is 3.39. The van der Waals surface area contributed by atoms with Crippen molar-refractivity contribution in [1.29, 1.82) is 0 Å². The molecule has 0 saturated heterocycles. The number of nitrogens with one attached hydrogen (secondary N) is 1. The van der Waals surface area contributed by atoms with Crippen LogP contribution < -0.4 is 14.8 Å². The topological polar surface area (TPSA) is 30.5 Å². The van der Waals surface area contributed by atoms with E-state index in [9.17, 15) is 0 Å². The van der Waals surface area contributed by atoms with Crippen molar-refractivity contribution in [3.8, 4) is 11.5 Å². The molecule has 2 aromatic carbocycles. The van der Waals surface area contributed by atoms with Gasteiger partial charge in [-0.3, -0.25) is 0 Å². The fourth-order valence-corrected chi connectivity index (χ4v) is 2.51. The molecule has 0 saturated carbocycles. The number of benzene rings is 2. The summed E-state index contributed by atoms with van der Waals surface area (Å²) in [4.78, 5) is 0. The molecule has 0 aliphatic heterocycles. The van der Waals surface area contributed by atoms with Crippen LogP contribution in [0.5, 0.6) is 11.5 Å². The van der Waals surface area contributed by atoms with Crippen LogP contribution in [0.15, 0.2) is 36.4 Å². The summed E-state index contributed by atoms with van der Waals surface area (Å²) in [5, 5.41) is 3.55. The molecule has 0 radical (unpaired) electrons. The third-order valence-corrected chi connectivity index (χ3v) is 3.79. The van der Waals surface area contributed by atoms with Crippen LogP contribution in [0.1, 0.15) is 29.7 Å². The Labute approximate surface area is 126 Å². The van der Waals surface area contributed by atoms with Gasteiger partial charge in [0, 0.05) is 17.3 Å². The van der Waals surface area contributed by atoms with Crippen molar-refractivity contribution in [3.05, 3.63) is 53.1 Å². The molecule has 2 aromatic rings. The van der Waals surface area contributed by atoms with Gasteiger partial charge in [0.1, 0.15) is 11.5 Å². The zero-order valence-electron chi connectivity index (χ0n) is 13.4. The first kappa shape index (κ1) is 15.2. The minimum atomic E-state index is 0.210. The van der Waals surface area contributed by atoms with Gasteiger partial charge in [-0.25, -0.2) is 0 Å². The van der Waals surface area contributed by atoms with Crippen LogP contribution >= 0.6 is 0 Å². The number of hydrogen-bond donors (Lipinski definition) is 1. The standard InChI is InChI=1S/C18H23NO2/c1-12-6-11-17(13(2)18(12)21-5)19-14(3)15-7-9-16(20-4)10-8-15/h6-11,14,19H,1-5H3. The normalized spacial score (nSPS) is 11.9. The van der Waals surface area contributed by atoms with E-state index in [-0.39, 0.29) is 6.04 Å². The number of methoxy groups -OCH3 is 2. The maximum atomic E-state index is 5.48. The zero-order valence-corrected chi connectivity index (χ0v) is 13.4. The molecule has 0 aliphatic rings. The summed E-state index contributed by atoms with van der Waals surface area (Å²) in [6.07, 6.45) is 0. The molecule has 0 spiro atoms. The summed E-state index contributed by atoms with van der Waals surface area (Å²) < 4.78 is 10.7. The lowest BCUT2D eigenvalue weighted by molar-refractivity contribution is 0.409. The fraction of sp³-hybridized carbons (Fsp3) is 0.333. The first-order valence-electron chi connectivity index (χ1n) is 7.11. The maximum Gasteiger partial charge on any atom is 0.126 e. The van der Waals surface area contributed by atoms with Gasteiger partial charge in [-0.1, -0.05) is 18.2 Å². The van der Waals surface area contributed by atoms with Crippen molar-refractivity contribution in [3.63, 3.8) is 0 Å². The van der Waals surface area contributed by atoms with Crippen LogP contribution in [-0.2, 0) is 0 Å². The second-order valence-electron chi connectivity index (χ2n) is 5.23. The van der Waals surface area contributed by atoms with Gasteiger partial charge in [-0.15, -0.1) is 0 Å². The molecule has 0 aromatic heterocycles. The predicted octanol–water partition coefficient (Wildman–Crippen LogP) is 4.49. The van der Waals surface area contributed by atoms with Gasteiger partial charge < -0.3 is 14.8 Å². The molecule has 1 N–H and O–H groups in total. The van der Waals surface area contributed by atoms with Gasteiger partial charge in [0.25, 0.3) is 0 Å². The van der Waals surface area contributed by atoms with Crippen molar-refractivity contribution >= 4 is 5.69 Å². The molecule has 3 heteroatoms. The summed E-state index contributed by atoms with van der Waals surface area (Å²) in [6, 6.07) is 12.5. The van der Waals surface area contributed by atoms with Gasteiger partial charge in [-0.2, -0.15) is 0 Å². The molecule has 3 nitrogen and oxygen atoms in total. The molecule has 0 fully saturated rings. The summed E-state index contributed by atoms with van der Waals surface area (Å²) >= 11 is 0. The highest BCUT2D eigenvalue weighted by Crippen LogP contribution is 2.31. The molecule has 0 aliphatic carbocycles. The molecule has 1 atom stereocenters. The molecule has 2 rings (SSSR count). The van der Waals surface area contributed by atoms with Gasteiger partial charge in [0.2, 0.25) is 0 Å². The quantitative estimate of drug-likeness (QED) is 0.877. The third-order valence-electron chi connectivity index (χ3n) is 3.79. The van der Waals surface area contributed by atoms with Crippen LogP contribution in [0.3, 0.4) is 0 Å². The van der Waals surface area contributed by atoms with E-state index in [0.717, 1.165) is 28.3 Å². The first-order valence-corrected chi connectivity index (χ1v) is 7.11. The van der Waals surface area contributed by atoms with Gasteiger partial charge in [0.15, 0.2) is 0 Å². The largest absolute Gasteiger partial charge is 0.497 e. The molecule has 0 heterocycles. The van der Waals surface area contributed by atoms with Crippen molar-refractivity contribution in [2.75, 3.05) is 19.5 Å². The molecule has 112 valence electrons. The lowest BCUT2D eigenvalue weighted by Crippen LogP contribution is -2.08. The lowest BCUT2D eigenvalue weighted by atomic mass is 10.1. The monoisotopic (exact) mass is 285 g/mol. The molecular formula is C18H23NO2. The Morgan fingerprint density at radius 3 is 2.14 bits per heavy atom. The van der Waals surface area contributed by atoms with E-state index in [1.54, 1.807) is 14.2 Å². The van der Waals surface area contributed by atoms with Crippen molar-refractivity contribution < 1.29 is 9.47 Å². The molecule has 21 heavy (non-hydrogen) atoms. The van der Waals surface area contributed by atoms with Crippen molar-refractivity contribution in [2.24, 2.45) is 0 Å². The average Bonchev–Trinajstić information content (AvgIpc) is 2.50. The third kappa shape index (κ3) is 3.30. The highest BCUT2D eigenvalue weighted by Gasteiger charge is 2.11. The number of anilines is 1. The summed E-state index contributed by atoms with van der Waals surface area (Å²) in [6.45, 7) is 6.28. The summed E-state index contributed by atoms with van der Waals surface area (Å²) in [5.41, 5.74) is 4.60. The minimum Gasteiger partial charge on any atom is -0.497 e. The Hall–Kier alpha value is -2.16. The van der Waals surface area contributed by atoms with Gasteiger partial charge in [0.05, 0.1) is 14.2 Å². The van der Waals surface area contributed by atoms with Crippen LogP contribution in [0, 0.1) is 13.8 Å². The van der Waals surface area contributed by atoms with E-state index < -0.39 is 0 Å². The summed E-state index contributed by atoms with van der Waals surface area (Å²) in [5.74, 6) is 1.82. The molecule has 1 unspecified atom stereocenters. The van der Waals surface area contributed by atoms with E-state index in [1.165, 1.54) is 5.56 Å². The smallest absolute Gasteiger partial charge is 0.126 e. The number of aryl methyl sites for hydroxylation is 1. The number of hydrogen-bond acceptors (Lipinski definition) is 3. The Balaban J connectivity index is 2.20. The Kier molecular flexibility index (Phi) is 4.73. The highest BCUT2D eigenvalue weighted by molar-refractivity contribution is 5.60. The Morgan fingerprint density at radius 1 is 0.905 bits per heavy atom. The van der Waals surface area contributed by atoms with E-state index in [1.807, 2.05) is 12.1 Å². The zero-order chi connectivity index (χ0) is 15.4. The van der Waals surface area contributed by atoms with E-state index >= 15 is 0 Å². The molecule has 0 amide bonds. The number of rotatable bonds is 5. The van der Waals surface area contributed by atoms with Crippen molar-refractivity contribution in [1.82, 2.24) is 0 Å². The van der Waals surface area contributed by atoms with Crippen LogP contribution in [0.2, 0.25) is 0 Å². The predicted molar refractivity (Wildman–Crippen MR) is 87.5 cm³/mol. The minimum absolute atomic E-state index is 0.210. The van der Waals surface area contributed by atoms with E-state index in [4.69, 9.17) is 9.47 Å². The van der Waals surface area contributed by atoms with Crippen LogP contribution in [0.4, 0.5) is 5.69 Å². The van der Waals surface area contributed by atoms with E-state index in [2.05, 4.69) is 50.4 Å². The first-order chi connectivity index (χ1) is 10.1. The van der Waals surface area contributed by atoms with Crippen molar-refractivity contribution in [2.45, 2.75) is 26.8 Å². The van der Waals surface area contributed by atoms with E-state index in [0.29, 0.717) is 0 Å². The fourth-order valence-electron chi connectivity index (χ4n) is 2.51. The van der Waals surface area contributed by atoms with Crippen LogP contribution in [0.25, 0.3) is 0 Å². The Morgan fingerprint density at radius 2 is 1.57 bits per heavy atom. The Bertz CT molecular complexity index is 605. The van der Waals surface area contributed by atoms with Gasteiger partial charge >= 0.3 is 0 Å². The molecule has 0 bridgehead atoms.